The van der Waals surface area contributed by atoms with E-state index in [4.69, 9.17) is 9.47 Å². The molecule has 1 unspecified atom stereocenters. The third-order valence-corrected chi connectivity index (χ3v) is 5.46. The highest BCUT2D eigenvalue weighted by Crippen LogP contribution is 2.19. The number of amides is 1. The molecule has 0 saturated carbocycles. The van der Waals surface area contributed by atoms with Crippen LogP contribution in [0.2, 0.25) is 0 Å². The summed E-state index contributed by atoms with van der Waals surface area (Å²) in [5.41, 5.74) is 3.63. The first kappa shape index (κ1) is 22.5. The minimum atomic E-state index is -0.886. The van der Waals surface area contributed by atoms with E-state index in [-0.39, 0.29) is 12.3 Å². The normalized spacial score (nSPS) is 14.5. The lowest BCUT2D eigenvalue weighted by Gasteiger charge is -2.28. The number of carbonyl (C=O) groups is 2. The van der Waals surface area contributed by atoms with Crippen LogP contribution in [0.3, 0.4) is 0 Å². The van der Waals surface area contributed by atoms with Crippen molar-refractivity contribution in [3.63, 3.8) is 0 Å². The van der Waals surface area contributed by atoms with E-state index in [1.54, 1.807) is 17.8 Å². The van der Waals surface area contributed by atoms with Gasteiger partial charge in [0.2, 0.25) is 0 Å². The first-order valence-corrected chi connectivity index (χ1v) is 11.1. The largest absolute Gasteiger partial charge is 0.453 e. The van der Waals surface area contributed by atoms with E-state index >= 15 is 0 Å². The molecule has 172 valence electrons. The summed E-state index contributed by atoms with van der Waals surface area (Å²) >= 11 is 0. The second-order valence-corrected chi connectivity index (χ2v) is 7.90. The van der Waals surface area contributed by atoms with Gasteiger partial charge >= 0.3 is 5.97 Å². The number of benzene rings is 2. The molecule has 2 heterocycles. The third kappa shape index (κ3) is 6.20. The molecule has 8 nitrogen and oxygen atoms in total. The summed E-state index contributed by atoms with van der Waals surface area (Å²) in [7, 11) is 0. The van der Waals surface area contributed by atoms with E-state index in [9.17, 15) is 9.59 Å². The highest BCUT2D eigenvalue weighted by atomic mass is 16.5. The molecule has 2 aromatic carbocycles. The number of nitrogens with zero attached hydrogens (tertiary/aromatic N) is 3. The van der Waals surface area contributed by atoms with Crippen molar-refractivity contribution in [3.05, 3.63) is 72.6 Å². The lowest BCUT2D eigenvalue weighted by atomic mass is 10.2. The Morgan fingerprint density at radius 1 is 1.06 bits per heavy atom. The summed E-state index contributed by atoms with van der Waals surface area (Å²) in [5.74, 6) is -0.785. The maximum Gasteiger partial charge on any atom is 0.306 e. The highest BCUT2D eigenvalue weighted by molar-refractivity contribution is 5.95. The number of carbonyl (C=O) groups excluding carboxylic acids is 2. The van der Waals surface area contributed by atoms with Crippen molar-refractivity contribution in [2.75, 3.05) is 36.5 Å². The maximum atomic E-state index is 12.4. The standard InChI is InChI=1S/C25H28N4O4/c1-19(25(31)27-21-8-10-22(11-9-21)28-13-15-32-16-14-28)33-24(30)12-7-20-17-26-29(18-20)23-5-3-2-4-6-23/h2-6,8-11,17-19H,7,12-16H2,1H3,(H,27,31). The first-order chi connectivity index (χ1) is 16.1. The molecule has 1 fully saturated rings. The number of morpholine rings is 1. The molecule has 33 heavy (non-hydrogen) atoms. The number of anilines is 2. The van der Waals surface area contributed by atoms with Crippen LogP contribution in [-0.4, -0.2) is 54.1 Å². The number of aryl methyl sites for hydroxylation is 1. The third-order valence-electron chi connectivity index (χ3n) is 5.46. The molecular weight excluding hydrogens is 420 g/mol. The van der Waals surface area contributed by atoms with Crippen molar-refractivity contribution < 1.29 is 19.1 Å². The smallest absolute Gasteiger partial charge is 0.306 e. The summed E-state index contributed by atoms with van der Waals surface area (Å²) in [6, 6.07) is 17.4. The molecule has 1 amide bonds. The quantitative estimate of drug-likeness (QED) is 0.533. The van der Waals surface area contributed by atoms with Crippen molar-refractivity contribution in [1.82, 2.24) is 9.78 Å². The van der Waals surface area contributed by atoms with Crippen LogP contribution in [0.1, 0.15) is 18.9 Å². The van der Waals surface area contributed by atoms with Crippen molar-refractivity contribution in [1.29, 1.82) is 0 Å². The Balaban J connectivity index is 1.22. The van der Waals surface area contributed by atoms with Crippen LogP contribution in [-0.2, 0) is 25.5 Å². The van der Waals surface area contributed by atoms with Crippen LogP contribution in [0.15, 0.2) is 67.0 Å². The van der Waals surface area contributed by atoms with E-state index in [1.807, 2.05) is 60.8 Å². The molecule has 1 atom stereocenters. The van der Waals surface area contributed by atoms with Gasteiger partial charge < -0.3 is 19.7 Å². The maximum absolute atomic E-state index is 12.4. The second kappa shape index (κ2) is 10.8. The van der Waals surface area contributed by atoms with Crippen molar-refractivity contribution in [2.24, 2.45) is 0 Å². The van der Waals surface area contributed by atoms with Crippen LogP contribution in [0.25, 0.3) is 5.69 Å². The van der Waals surface area contributed by atoms with Gasteiger partial charge in [-0.25, -0.2) is 4.68 Å². The van der Waals surface area contributed by atoms with E-state index in [1.165, 1.54) is 0 Å². The van der Waals surface area contributed by atoms with Gasteiger partial charge in [0.1, 0.15) is 0 Å². The topological polar surface area (TPSA) is 85.7 Å². The zero-order valence-electron chi connectivity index (χ0n) is 18.6. The molecule has 1 N–H and O–H groups in total. The molecule has 0 spiro atoms. The van der Waals surface area contributed by atoms with Crippen LogP contribution < -0.4 is 10.2 Å². The summed E-state index contributed by atoms with van der Waals surface area (Å²) < 4.78 is 12.5. The fraction of sp³-hybridized carbons (Fsp3) is 0.320. The lowest BCUT2D eigenvalue weighted by molar-refractivity contribution is -0.153. The number of hydrogen-bond donors (Lipinski definition) is 1. The number of para-hydroxylation sites is 1. The minimum absolute atomic E-state index is 0.173. The van der Waals surface area contributed by atoms with Crippen LogP contribution in [0, 0.1) is 0 Å². The van der Waals surface area contributed by atoms with Crippen LogP contribution in [0.4, 0.5) is 11.4 Å². The summed E-state index contributed by atoms with van der Waals surface area (Å²) in [6.07, 6.45) is 3.40. The predicted octanol–water partition coefficient (Wildman–Crippen LogP) is 3.21. The summed E-state index contributed by atoms with van der Waals surface area (Å²) in [6.45, 7) is 4.72. The van der Waals surface area contributed by atoms with Gasteiger partial charge in [-0.05, 0) is 55.3 Å². The summed E-state index contributed by atoms with van der Waals surface area (Å²) in [5, 5.41) is 7.13. The van der Waals surface area contributed by atoms with Crippen molar-refractivity contribution in [3.8, 4) is 5.69 Å². The van der Waals surface area contributed by atoms with Gasteiger partial charge in [0.25, 0.3) is 5.91 Å². The number of esters is 1. The molecule has 0 radical (unpaired) electrons. The Labute approximate surface area is 193 Å². The molecule has 1 aliphatic rings. The zero-order valence-corrected chi connectivity index (χ0v) is 18.6. The van der Waals surface area contributed by atoms with Gasteiger partial charge in [0.15, 0.2) is 6.10 Å². The van der Waals surface area contributed by atoms with Gasteiger partial charge in [-0.1, -0.05) is 18.2 Å². The molecule has 3 aromatic rings. The molecule has 1 aliphatic heterocycles. The van der Waals surface area contributed by atoms with Crippen LogP contribution in [0.5, 0.6) is 0 Å². The molecule has 4 rings (SSSR count). The Hall–Kier alpha value is -3.65. The molecular formula is C25H28N4O4. The second-order valence-electron chi connectivity index (χ2n) is 7.90. The van der Waals surface area contributed by atoms with Crippen molar-refractivity contribution in [2.45, 2.75) is 25.9 Å². The van der Waals surface area contributed by atoms with Gasteiger partial charge in [-0.15, -0.1) is 0 Å². The molecule has 0 aliphatic carbocycles. The Morgan fingerprint density at radius 2 is 1.79 bits per heavy atom. The van der Waals surface area contributed by atoms with Gasteiger partial charge in [-0.2, -0.15) is 5.10 Å². The fourth-order valence-corrected chi connectivity index (χ4v) is 3.59. The molecule has 1 aromatic heterocycles. The number of aromatic nitrogens is 2. The van der Waals surface area contributed by atoms with Gasteiger partial charge in [0, 0.05) is 37.1 Å². The average molecular weight is 449 g/mol. The predicted molar refractivity (Wildman–Crippen MR) is 126 cm³/mol. The highest BCUT2D eigenvalue weighted by Gasteiger charge is 2.18. The molecule has 1 saturated heterocycles. The van der Waals surface area contributed by atoms with E-state index < -0.39 is 12.1 Å². The first-order valence-electron chi connectivity index (χ1n) is 11.1. The number of ether oxygens (including phenoxy) is 2. The SMILES string of the molecule is CC(OC(=O)CCc1cnn(-c2ccccc2)c1)C(=O)Nc1ccc(N2CCOCC2)cc1. The molecule has 8 heteroatoms. The molecule has 0 bridgehead atoms. The lowest BCUT2D eigenvalue weighted by Crippen LogP contribution is -2.36. The van der Waals surface area contributed by atoms with Gasteiger partial charge in [0.05, 0.1) is 25.1 Å². The summed E-state index contributed by atoms with van der Waals surface area (Å²) in [4.78, 5) is 26.9. The van der Waals surface area contributed by atoms with E-state index in [2.05, 4.69) is 15.3 Å². The number of hydrogen-bond acceptors (Lipinski definition) is 6. The Morgan fingerprint density at radius 3 is 2.52 bits per heavy atom. The van der Waals surface area contributed by atoms with E-state index in [0.717, 1.165) is 43.2 Å². The van der Waals surface area contributed by atoms with Crippen LogP contribution >= 0.6 is 0 Å². The van der Waals surface area contributed by atoms with E-state index in [0.29, 0.717) is 12.1 Å². The Bertz CT molecular complexity index is 1060. The Kier molecular flexibility index (Phi) is 7.36. The van der Waals surface area contributed by atoms with Crippen molar-refractivity contribution >= 4 is 23.3 Å². The monoisotopic (exact) mass is 448 g/mol. The fourth-order valence-electron chi connectivity index (χ4n) is 3.59. The number of rotatable bonds is 8. The number of nitrogens with one attached hydrogen (secondary N) is 1. The van der Waals surface area contributed by atoms with Gasteiger partial charge in [-0.3, -0.25) is 9.59 Å². The minimum Gasteiger partial charge on any atom is -0.453 e. The average Bonchev–Trinajstić information content (AvgIpc) is 3.33. The zero-order chi connectivity index (χ0) is 23.0.